The third-order valence-electron chi connectivity index (χ3n) is 4.60. The van der Waals surface area contributed by atoms with Crippen molar-refractivity contribution in [3.8, 4) is 22.6 Å². The zero-order valence-electron chi connectivity index (χ0n) is 16.9. The van der Waals surface area contributed by atoms with Crippen LogP contribution in [0, 0.1) is 0 Å². The number of carbonyl (C=O) groups is 1. The molecule has 0 unspecified atom stereocenters. The summed E-state index contributed by atoms with van der Waals surface area (Å²) < 4.78 is 15.9. The van der Waals surface area contributed by atoms with Crippen molar-refractivity contribution in [1.29, 1.82) is 0 Å². The Morgan fingerprint density at radius 3 is 2.30 bits per heavy atom. The average Bonchev–Trinajstić information content (AvgIpc) is 2.77. The van der Waals surface area contributed by atoms with Crippen molar-refractivity contribution in [2.24, 2.45) is 0 Å². The van der Waals surface area contributed by atoms with Crippen molar-refractivity contribution in [2.45, 2.75) is 6.61 Å². The predicted molar refractivity (Wildman–Crippen MR) is 119 cm³/mol. The number of rotatable bonds is 7. The van der Waals surface area contributed by atoms with Gasteiger partial charge in [-0.25, -0.2) is 4.79 Å². The van der Waals surface area contributed by atoms with Gasteiger partial charge >= 0.3 is 5.97 Å². The number of esters is 1. The molecular formula is C24H24N2O4. The first-order valence-corrected chi connectivity index (χ1v) is 9.31. The van der Waals surface area contributed by atoms with Crippen molar-refractivity contribution in [3.05, 3.63) is 77.9 Å². The number of hydrogen-bond acceptors (Lipinski definition) is 6. The molecule has 30 heavy (non-hydrogen) atoms. The molecule has 0 radical (unpaired) electrons. The molecule has 3 aromatic carbocycles. The van der Waals surface area contributed by atoms with E-state index >= 15 is 0 Å². The Labute approximate surface area is 175 Å². The summed E-state index contributed by atoms with van der Waals surface area (Å²) in [6, 6.07) is 18.6. The van der Waals surface area contributed by atoms with Crippen LogP contribution >= 0.6 is 0 Å². The van der Waals surface area contributed by atoms with Gasteiger partial charge in [0.1, 0.15) is 18.1 Å². The van der Waals surface area contributed by atoms with Gasteiger partial charge in [0, 0.05) is 28.6 Å². The number of nitrogen functional groups attached to an aromatic ring is 2. The van der Waals surface area contributed by atoms with Gasteiger partial charge in [-0.3, -0.25) is 0 Å². The Kier molecular flexibility index (Phi) is 6.60. The van der Waals surface area contributed by atoms with Crippen LogP contribution in [0.1, 0.15) is 11.1 Å². The lowest BCUT2D eigenvalue weighted by Crippen LogP contribution is -2.03. The van der Waals surface area contributed by atoms with E-state index in [0.29, 0.717) is 22.7 Å². The fourth-order valence-electron chi connectivity index (χ4n) is 2.91. The molecule has 0 bridgehead atoms. The van der Waals surface area contributed by atoms with Gasteiger partial charge in [0.05, 0.1) is 14.2 Å². The van der Waals surface area contributed by atoms with Gasteiger partial charge in [0.25, 0.3) is 0 Å². The maximum atomic E-state index is 12.1. The van der Waals surface area contributed by atoms with Crippen LogP contribution in [0.2, 0.25) is 0 Å². The van der Waals surface area contributed by atoms with Crippen LogP contribution in [0.3, 0.4) is 0 Å². The fourth-order valence-corrected chi connectivity index (χ4v) is 2.91. The summed E-state index contributed by atoms with van der Waals surface area (Å²) in [4.78, 5) is 12.1. The number of benzene rings is 3. The molecule has 0 aliphatic carbocycles. The van der Waals surface area contributed by atoms with E-state index in [1.54, 1.807) is 38.5 Å². The second-order valence-corrected chi connectivity index (χ2v) is 6.58. The Balaban J connectivity index is 1.68. The summed E-state index contributed by atoms with van der Waals surface area (Å²) in [6.45, 7) is 0.0723. The highest BCUT2D eigenvalue weighted by atomic mass is 16.5. The molecule has 0 fully saturated rings. The Hall–Kier alpha value is -3.93. The highest BCUT2D eigenvalue weighted by Crippen LogP contribution is 2.29. The smallest absolute Gasteiger partial charge is 0.331 e. The number of anilines is 2. The monoisotopic (exact) mass is 404 g/mol. The van der Waals surface area contributed by atoms with Crippen LogP contribution in [0.25, 0.3) is 17.2 Å². The number of hydrogen-bond donors (Lipinski definition) is 2. The van der Waals surface area contributed by atoms with Gasteiger partial charge in [-0.1, -0.05) is 30.3 Å². The summed E-state index contributed by atoms with van der Waals surface area (Å²) in [5, 5.41) is 0. The first kappa shape index (κ1) is 20.8. The van der Waals surface area contributed by atoms with E-state index in [9.17, 15) is 4.79 Å². The van der Waals surface area contributed by atoms with Crippen molar-refractivity contribution in [2.75, 3.05) is 25.7 Å². The lowest BCUT2D eigenvalue weighted by atomic mass is 10.0. The number of nitrogens with two attached hydrogens (primary N) is 2. The van der Waals surface area contributed by atoms with Gasteiger partial charge in [0.15, 0.2) is 0 Å². The van der Waals surface area contributed by atoms with Crippen LogP contribution in [0.15, 0.2) is 66.7 Å². The fraction of sp³-hybridized carbons (Fsp3) is 0.125. The third-order valence-corrected chi connectivity index (χ3v) is 4.60. The molecule has 4 N–H and O–H groups in total. The van der Waals surface area contributed by atoms with Crippen LogP contribution < -0.4 is 20.9 Å². The summed E-state index contributed by atoms with van der Waals surface area (Å²) >= 11 is 0. The van der Waals surface area contributed by atoms with E-state index in [1.165, 1.54) is 6.08 Å². The Bertz CT molecular complexity index is 1060. The largest absolute Gasteiger partial charge is 0.497 e. The Morgan fingerprint density at radius 2 is 1.63 bits per heavy atom. The summed E-state index contributed by atoms with van der Waals surface area (Å²) in [6.07, 6.45) is 3.02. The standard InChI is InChI=1S/C24H24N2O4/c1-28-21-10-6-16(7-11-21)18-4-3-17(23(13-18)29-2)8-12-24(27)30-15-19-5-9-20(25)14-22(19)26/h3-14H,15,25-26H2,1-2H3/b12-8+. The molecular weight excluding hydrogens is 380 g/mol. The highest BCUT2D eigenvalue weighted by molar-refractivity contribution is 5.88. The van der Waals surface area contributed by atoms with Crippen LogP contribution in [0.5, 0.6) is 11.5 Å². The lowest BCUT2D eigenvalue weighted by Gasteiger charge is -2.09. The summed E-state index contributed by atoms with van der Waals surface area (Å²) in [5.74, 6) is 0.965. The average molecular weight is 404 g/mol. The molecule has 3 aromatic rings. The first-order valence-electron chi connectivity index (χ1n) is 9.31. The minimum absolute atomic E-state index is 0.0723. The molecule has 3 rings (SSSR count). The van der Waals surface area contributed by atoms with Crippen LogP contribution in [0.4, 0.5) is 11.4 Å². The SMILES string of the molecule is COc1ccc(-c2ccc(/C=C/C(=O)OCc3ccc(N)cc3N)c(OC)c2)cc1. The maximum Gasteiger partial charge on any atom is 0.331 e. The van der Waals surface area contributed by atoms with Gasteiger partial charge in [-0.15, -0.1) is 0 Å². The van der Waals surface area contributed by atoms with Gasteiger partial charge in [-0.05, 0) is 47.5 Å². The Morgan fingerprint density at radius 1 is 0.900 bits per heavy atom. The van der Waals surface area contributed by atoms with E-state index in [2.05, 4.69) is 0 Å². The molecule has 0 saturated carbocycles. The van der Waals surface area contributed by atoms with E-state index in [1.807, 2.05) is 42.5 Å². The van der Waals surface area contributed by atoms with E-state index in [4.69, 9.17) is 25.7 Å². The van der Waals surface area contributed by atoms with E-state index in [-0.39, 0.29) is 6.61 Å². The topological polar surface area (TPSA) is 96.8 Å². The van der Waals surface area contributed by atoms with Gasteiger partial charge in [-0.2, -0.15) is 0 Å². The van der Waals surface area contributed by atoms with Crippen LogP contribution in [-0.4, -0.2) is 20.2 Å². The third kappa shape index (κ3) is 5.11. The molecule has 6 heteroatoms. The highest BCUT2D eigenvalue weighted by Gasteiger charge is 2.07. The summed E-state index contributed by atoms with van der Waals surface area (Å²) in [5.41, 5.74) is 16.1. The van der Waals surface area contributed by atoms with Crippen LogP contribution in [-0.2, 0) is 16.1 Å². The predicted octanol–water partition coefficient (Wildman–Crippen LogP) is 4.29. The number of carbonyl (C=O) groups excluding carboxylic acids is 1. The lowest BCUT2D eigenvalue weighted by molar-refractivity contribution is -0.138. The summed E-state index contributed by atoms with van der Waals surface area (Å²) in [7, 11) is 3.22. The van der Waals surface area contributed by atoms with Crippen molar-refractivity contribution < 1.29 is 19.0 Å². The maximum absolute atomic E-state index is 12.1. The first-order chi connectivity index (χ1) is 14.5. The van der Waals surface area contributed by atoms with Gasteiger partial charge in [0.2, 0.25) is 0 Å². The number of ether oxygens (including phenoxy) is 3. The molecule has 0 spiro atoms. The second-order valence-electron chi connectivity index (χ2n) is 6.58. The van der Waals surface area contributed by atoms with Crippen molar-refractivity contribution >= 4 is 23.4 Å². The van der Waals surface area contributed by atoms with E-state index in [0.717, 1.165) is 22.4 Å². The zero-order chi connectivity index (χ0) is 21.5. The molecule has 6 nitrogen and oxygen atoms in total. The van der Waals surface area contributed by atoms with Crippen molar-refractivity contribution in [3.63, 3.8) is 0 Å². The molecule has 0 aliphatic heterocycles. The molecule has 0 atom stereocenters. The van der Waals surface area contributed by atoms with E-state index < -0.39 is 5.97 Å². The second kappa shape index (κ2) is 9.52. The quantitative estimate of drug-likeness (QED) is 0.346. The zero-order valence-corrected chi connectivity index (χ0v) is 16.9. The number of methoxy groups -OCH3 is 2. The molecule has 0 amide bonds. The van der Waals surface area contributed by atoms with Gasteiger partial charge < -0.3 is 25.7 Å². The minimum atomic E-state index is -0.479. The molecule has 154 valence electrons. The molecule has 0 aromatic heterocycles. The molecule has 0 aliphatic rings. The molecule has 0 heterocycles. The minimum Gasteiger partial charge on any atom is -0.497 e. The van der Waals surface area contributed by atoms with Crippen molar-refractivity contribution in [1.82, 2.24) is 0 Å². The normalized spacial score (nSPS) is 10.7. The molecule has 0 saturated heterocycles.